The molecule has 0 bridgehead atoms. The van der Waals surface area contributed by atoms with Crippen molar-refractivity contribution >= 4 is 5.91 Å². The quantitative estimate of drug-likeness (QED) is 0.860. The number of nitrogens with two attached hydrogens (primary N) is 1. The lowest BCUT2D eigenvalue weighted by molar-refractivity contribution is -0.155. The van der Waals surface area contributed by atoms with Gasteiger partial charge in [-0.1, -0.05) is 38.5 Å². The summed E-state index contributed by atoms with van der Waals surface area (Å²) in [4.78, 5) is 15.3. The maximum Gasteiger partial charge on any atom is 0.225 e. The fraction of sp³-hybridized carbons (Fsp3) is 0.947. The van der Waals surface area contributed by atoms with Crippen LogP contribution in [0.1, 0.15) is 84.0 Å². The summed E-state index contributed by atoms with van der Waals surface area (Å²) in [6, 6.07) is 0. The first-order chi connectivity index (χ1) is 10.6. The van der Waals surface area contributed by atoms with Gasteiger partial charge in [0, 0.05) is 5.54 Å². The fourth-order valence-electron chi connectivity index (χ4n) is 5.99. The van der Waals surface area contributed by atoms with Gasteiger partial charge in [-0.15, -0.1) is 0 Å². The van der Waals surface area contributed by atoms with Crippen LogP contribution in [0, 0.1) is 11.3 Å². The van der Waals surface area contributed by atoms with Gasteiger partial charge in [-0.25, -0.2) is 0 Å². The first kappa shape index (κ1) is 16.3. The van der Waals surface area contributed by atoms with Gasteiger partial charge in [-0.05, 0) is 64.5 Å². The molecular formula is C19H34N2O. The van der Waals surface area contributed by atoms with E-state index in [4.69, 9.17) is 5.73 Å². The summed E-state index contributed by atoms with van der Waals surface area (Å²) in [5, 5.41) is 0. The number of carbonyl (C=O) groups excluding carboxylic acids is 1. The van der Waals surface area contributed by atoms with Gasteiger partial charge >= 0.3 is 0 Å². The van der Waals surface area contributed by atoms with Crippen LogP contribution in [0.15, 0.2) is 0 Å². The van der Waals surface area contributed by atoms with Crippen LogP contribution in [0.3, 0.4) is 0 Å². The summed E-state index contributed by atoms with van der Waals surface area (Å²) >= 11 is 0. The Hall–Kier alpha value is -0.570. The average molecular weight is 306 g/mol. The van der Waals surface area contributed by atoms with Crippen LogP contribution in [-0.4, -0.2) is 29.4 Å². The Morgan fingerprint density at radius 2 is 1.50 bits per heavy atom. The van der Waals surface area contributed by atoms with Crippen molar-refractivity contribution in [3.63, 3.8) is 0 Å². The van der Waals surface area contributed by atoms with Crippen LogP contribution >= 0.6 is 0 Å². The highest BCUT2D eigenvalue weighted by atomic mass is 16.1. The van der Waals surface area contributed by atoms with Gasteiger partial charge in [0.15, 0.2) is 0 Å². The van der Waals surface area contributed by atoms with Crippen LogP contribution in [0.4, 0.5) is 0 Å². The van der Waals surface area contributed by atoms with E-state index in [9.17, 15) is 4.79 Å². The molecule has 126 valence electrons. The molecule has 3 heteroatoms. The molecule has 3 fully saturated rings. The van der Waals surface area contributed by atoms with E-state index >= 15 is 0 Å². The number of hydrogen-bond acceptors (Lipinski definition) is 2. The monoisotopic (exact) mass is 306 g/mol. The molecule has 2 atom stereocenters. The second-order valence-corrected chi connectivity index (χ2v) is 8.21. The number of piperidine rings is 1. The topological polar surface area (TPSA) is 46.3 Å². The maximum absolute atomic E-state index is 12.6. The first-order valence-electron chi connectivity index (χ1n) is 9.66. The van der Waals surface area contributed by atoms with Crippen molar-refractivity contribution in [2.45, 2.75) is 89.5 Å². The van der Waals surface area contributed by atoms with Crippen molar-refractivity contribution in [2.24, 2.45) is 17.1 Å². The molecule has 22 heavy (non-hydrogen) atoms. The zero-order chi connectivity index (χ0) is 15.6. The lowest BCUT2D eigenvalue weighted by Crippen LogP contribution is -2.69. The highest BCUT2D eigenvalue weighted by Gasteiger charge is 2.59. The van der Waals surface area contributed by atoms with Crippen molar-refractivity contribution in [3.05, 3.63) is 0 Å². The summed E-state index contributed by atoms with van der Waals surface area (Å²) in [5.41, 5.74) is 5.75. The third-order valence-electron chi connectivity index (χ3n) is 7.18. The minimum absolute atomic E-state index is 0.0386. The predicted octanol–water partition coefficient (Wildman–Crippen LogP) is 3.86. The van der Waals surface area contributed by atoms with Crippen molar-refractivity contribution in [3.8, 4) is 0 Å². The second-order valence-electron chi connectivity index (χ2n) is 8.21. The molecule has 2 N–H and O–H groups in total. The van der Waals surface area contributed by atoms with E-state index < -0.39 is 0 Å². The van der Waals surface area contributed by atoms with Gasteiger partial charge in [0.25, 0.3) is 0 Å². The van der Waals surface area contributed by atoms with Crippen LogP contribution in [0.25, 0.3) is 0 Å². The van der Waals surface area contributed by atoms with Gasteiger partial charge in [0.2, 0.25) is 5.91 Å². The molecule has 3 rings (SSSR count). The van der Waals surface area contributed by atoms with Crippen molar-refractivity contribution < 1.29 is 4.79 Å². The van der Waals surface area contributed by atoms with E-state index in [1.807, 2.05) is 0 Å². The first-order valence-corrected chi connectivity index (χ1v) is 9.66. The average Bonchev–Trinajstić information content (AvgIpc) is 2.57. The Morgan fingerprint density at radius 1 is 0.909 bits per heavy atom. The van der Waals surface area contributed by atoms with Crippen molar-refractivity contribution in [2.75, 3.05) is 13.1 Å². The largest absolute Gasteiger partial charge is 0.369 e. The summed E-state index contributed by atoms with van der Waals surface area (Å²) in [6.45, 7) is 4.57. The maximum atomic E-state index is 12.6. The molecule has 1 amide bonds. The van der Waals surface area contributed by atoms with E-state index in [2.05, 4.69) is 11.8 Å². The molecule has 0 radical (unpaired) electrons. The van der Waals surface area contributed by atoms with Crippen LogP contribution in [0.2, 0.25) is 0 Å². The molecule has 1 aliphatic heterocycles. The van der Waals surface area contributed by atoms with E-state index in [1.165, 1.54) is 83.7 Å². The van der Waals surface area contributed by atoms with Crippen LogP contribution in [-0.2, 0) is 4.79 Å². The summed E-state index contributed by atoms with van der Waals surface area (Å²) in [5.74, 6) is 0.639. The molecular weight excluding hydrogens is 272 g/mol. The number of hydrogen-bond donors (Lipinski definition) is 1. The lowest BCUT2D eigenvalue weighted by atomic mass is 9.53. The second kappa shape index (κ2) is 6.51. The predicted molar refractivity (Wildman–Crippen MR) is 90.5 cm³/mol. The molecule has 3 aliphatic rings. The van der Waals surface area contributed by atoms with E-state index in [0.717, 1.165) is 6.42 Å². The molecule has 3 nitrogen and oxygen atoms in total. The number of primary amides is 1. The summed E-state index contributed by atoms with van der Waals surface area (Å²) in [7, 11) is 0. The highest BCUT2D eigenvalue weighted by molar-refractivity contribution is 5.82. The van der Waals surface area contributed by atoms with E-state index in [0.29, 0.717) is 5.92 Å². The minimum atomic E-state index is -0.329. The molecule has 0 aromatic heterocycles. The summed E-state index contributed by atoms with van der Waals surface area (Å²) in [6.07, 6.45) is 15.2. The highest BCUT2D eigenvalue weighted by Crippen LogP contribution is 2.55. The molecule has 1 saturated heterocycles. The smallest absolute Gasteiger partial charge is 0.225 e. The van der Waals surface area contributed by atoms with Crippen LogP contribution < -0.4 is 5.73 Å². The van der Waals surface area contributed by atoms with Crippen molar-refractivity contribution in [1.82, 2.24) is 4.90 Å². The fourth-order valence-corrected chi connectivity index (χ4v) is 5.99. The van der Waals surface area contributed by atoms with Gasteiger partial charge in [0.1, 0.15) is 0 Å². The molecule has 2 aliphatic carbocycles. The minimum Gasteiger partial charge on any atom is -0.369 e. The summed E-state index contributed by atoms with van der Waals surface area (Å²) < 4.78 is 0. The normalized spacial score (nSPS) is 38.8. The number of carbonyl (C=O) groups is 1. The van der Waals surface area contributed by atoms with Crippen molar-refractivity contribution in [1.29, 1.82) is 0 Å². The lowest BCUT2D eigenvalue weighted by Gasteiger charge is -2.61. The van der Waals surface area contributed by atoms with Gasteiger partial charge in [-0.3, -0.25) is 9.69 Å². The standard InChI is InChI=1S/C19H34N2O/c1-18(17(20)22)12-6-7-13-19(18,16-10-4-2-5-11-16)21-14-8-3-9-15-21/h16H,2-15H2,1H3,(H2,20,22). The van der Waals surface area contributed by atoms with E-state index in [1.54, 1.807) is 0 Å². The van der Waals surface area contributed by atoms with Gasteiger partial charge in [-0.2, -0.15) is 0 Å². The Labute approximate surface area is 136 Å². The number of likely N-dealkylation sites (tertiary alicyclic amines) is 1. The molecule has 1 heterocycles. The third kappa shape index (κ3) is 2.50. The molecule has 0 spiro atoms. The van der Waals surface area contributed by atoms with Crippen LogP contribution in [0.5, 0.6) is 0 Å². The Balaban J connectivity index is 2.01. The molecule has 0 aromatic rings. The zero-order valence-electron chi connectivity index (χ0n) is 14.4. The SMILES string of the molecule is CC1(C(N)=O)CCCCC1(C1CCCCC1)N1CCCCC1. The van der Waals surface area contributed by atoms with Gasteiger partial charge in [0.05, 0.1) is 5.41 Å². The van der Waals surface area contributed by atoms with Gasteiger partial charge < -0.3 is 5.73 Å². The molecule has 2 unspecified atom stereocenters. The number of nitrogens with zero attached hydrogens (tertiary/aromatic N) is 1. The Morgan fingerprint density at radius 3 is 2.14 bits per heavy atom. The Bertz CT molecular complexity index is 378. The number of amides is 1. The zero-order valence-corrected chi connectivity index (χ0v) is 14.4. The molecule has 2 saturated carbocycles. The van der Waals surface area contributed by atoms with E-state index in [-0.39, 0.29) is 16.9 Å². The molecule has 0 aromatic carbocycles. The Kier molecular flexibility index (Phi) is 4.82. The number of rotatable bonds is 3. The third-order valence-corrected chi connectivity index (χ3v) is 7.18.